The van der Waals surface area contributed by atoms with Crippen molar-refractivity contribution < 1.29 is 19.5 Å². The number of hydrogen-bond donors (Lipinski definition) is 2. The number of carboxylic acid groups (broad SMARTS) is 1. The minimum absolute atomic E-state index is 0.00394. The molecule has 39 heavy (non-hydrogen) atoms. The number of aliphatic carboxylic acids is 1. The standard InChI is InChI=1S/C30H29ClN4O4/c1-34-13-15-35(16-14-34)30(39)20-6-9-23(10-7-20)32-28(21-4-2-3-19(17-21)5-12-26(36)37)27-24-11-8-22(31)18-25(24)33-29(27)38/h2-4,6-11,17-18,27H,5,12-16H2,1H3,(H,33,38)(H,36,37). The fraction of sp³-hybridized carbons (Fsp3) is 0.267. The number of amides is 2. The van der Waals surface area contributed by atoms with E-state index < -0.39 is 11.9 Å². The number of likely N-dealkylation sites (N-methyl/N-ethyl adjacent to an activating group) is 1. The van der Waals surface area contributed by atoms with E-state index >= 15 is 0 Å². The number of anilines is 1. The Kier molecular flexibility index (Phi) is 7.77. The Labute approximate surface area is 231 Å². The van der Waals surface area contributed by atoms with Crippen molar-refractivity contribution in [1.82, 2.24) is 9.80 Å². The van der Waals surface area contributed by atoms with Crippen molar-refractivity contribution >= 4 is 46.5 Å². The van der Waals surface area contributed by atoms with E-state index in [0.717, 1.165) is 29.8 Å². The summed E-state index contributed by atoms with van der Waals surface area (Å²) in [6.07, 6.45) is 0.368. The van der Waals surface area contributed by atoms with E-state index in [4.69, 9.17) is 21.7 Å². The number of aliphatic imine (C=N–C) groups is 1. The number of benzene rings is 3. The molecule has 1 unspecified atom stereocenters. The molecule has 0 saturated carbocycles. The Bertz CT molecular complexity index is 1450. The zero-order chi connectivity index (χ0) is 27.5. The SMILES string of the molecule is CN1CCN(C(=O)c2ccc(N=C(c3cccc(CCC(=O)O)c3)C3C(=O)Nc4cc(Cl)ccc43)cc2)CC1. The lowest BCUT2D eigenvalue weighted by Gasteiger charge is -2.32. The fourth-order valence-electron chi connectivity index (χ4n) is 4.95. The number of hydrogen-bond acceptors (Lipinski definition) is 5. The molecular formula is C30H29ClN4O4. The van der Waals surface area contributed by atoms with Gasteiger partial charge in [0.1, 0.15) is 5.92 Å². The third-order valence-corrected chi connectivity index (χ3v) is 7.36. The van der Waals surface area contributed by atoms with Crippen LogP contribution in [0, 0.1) is 0 Å². The number of rotatable bonds is 7. The second-order valence-electron chi connectivity index (χ2n) is 9.89. The fourth-order valence-corrected chi connectivity index (χ4v) is 5.12. The first-order valence-corrected chi connectivity index (χ1v) is 13.2. The Morgan fingerprint density at radius 3 is 2.46 bits per heavy atom. The highest BCUT2D eigenvalue weighted by atomic mass is 35.5. The lowest BCUT2D eigenvalue weighted by atomic mass is 9.89. The topological polar surface area (TPSA) is 102 Å². The number of carbonyl (C=O) groups is 3. The van der Waals surface area contributed by atoms with Gasteiger partial charge in [-0.05, 0) is 72.6 Å². The van der Waals surface area contributed by atoms with Gasteiger partial charge in [-0.1, -0.05) is 35.9 Å². The van der Waals surface area contributed by atoms with Crippen LogP contribution in [0.5, 0.6) is 0 Å². The lowest BCUT2D eigenvalue weighted by Crippen LogP contribution is -2.47. The highest BCUT2D eigenvalue weighted by Gasteiger charge is 2.35. The molecule has 8 nitrogen and oxygen atoms in total. The molecular weight excluding hydrogens is 516 g/mol. The summed E-state index contributed by atoms with van der Waals surface area (Å²) < 4.78 is 0. The maximum Gasteiger partial charge on any atom is 0.303 e. The summed E-state index contributed by atoms with van der Waals surface area (Å²) in [6, 6.07) is 19.8. The average molecular weight is 545 g/mol. The smallest absolute Gasteiger partial charge is 0.303 e. The van der Waals surface area contributed by atoms with Gasteiger partial charge < -0.3 is 20.2 Å². The quantitative estimate of drug-likeness (QED) is 0.423. The first kappa shape index (κ1) is 26.6. The van der Waals surface area contributed by atoms with Gasteiger partial charge in [0.2, 0.25) is 5.91 Å². The van der Waals surface area contributed by atoms with Crippen LogP contribution in [0.1, 0.15) is 39.4 Å². The van der Waals surface area contributed by atoms with E-state index in [1.807, 2.05) is 42.3 Å². The Hall–Kier alpha value is -4.01. The summed E-state index contributed by atoms with van der Waals surface area (Å²) in [6.45, 7) is 3.08. The summed E-state index contributed by atoms with van der Waals surface area (Å²) in [4.78, 5) is 46.3. The van der Waals surface area contributed by atoms with Crippen molar-refractivity contribution in [3.63, 3.8) is 0 Å². The molecule has 1 atom stereocenters. The Morgan fingerprint density at radius 2 is 1.74 bits per heavy atom. The van der Waals surface area contributed by atoms with Crippen LogP contribution in [0.15, 0.2) is 71.7 Å². The minimum atomic E-state index is -0.874. The lowest BCUT2D eigenvalue weighted by molar-refractivity contribution is -0.137. The minimum Gasteiger partial charge on any atom is -0.481 e. The maximum atomic E-state index is 13.2. The molecule has 2 amide bonds. The molecule has 0 aliphatic carbocycles. The van der Waals surface area contributed by atoms with E-state index in [1.54, 1.807) is 36.4 Å². The molecule has 5 rings (SSSR count). The third-order valence-electron chi connectivity index (χ3n) is 7.12. The van der Waals surface area contributed by atoms with E-state index in [0.29, 0.717) is 47.2 Å². The molecule has 1 fully saturated rings. The largest absolute Gasteiger partial charge is 0.481 e. The molecule has 2 N–H and O–H groups in total. The number of halogens is 1. The normalized spacial score (nSPS) is 17.6. The molecule has 2 aliphatic rings. The van der Waals surface area contributed by atoms with Gasteiger partial charge in [-0.15, -0.1) is 0 Å². The molecule has 3 aromatic rings. The van der Waals surface area contributed by atoms with Gasteiger partial charge in [0.25, 0.3) is 5.91 Å². The number of nitrogens with one attached hydrogen (secondary N) is 1. The third kappa shape index (κ3) is 6.02. The monoisotopic (exact) mass is 544 g/mol. The first-order chi connectivity index (χ1) is 18.8. The second kappa shape index (κ2) is 11.4. The van der Waals surface area contributed by atoms with Gasteiger partial charge in [0.15, 0.2) is 0 Å². The van der Waals surface area contributed by atoms with Crippen LogP contribution >= 0.6 is 11.6 Å². The molecule has 2 aliphatic heterocycles. The molecule has 0 aromatic heterocycles. The second-order valence-corrected chi connectivity index (χ2v) is 10.3. The van der Waals surface area contributed by atoms with Crippen molar-refractivity contribution in [2.24, 2.45) is 4.99 Å². The Morgan fingerprint density at radius 1 is 1.00 bits per heavy atom. The molecule has 9 heteroatoms. The number of piperazine rings is 1. The van der Waals surface area contributed by atoms with Gasteiger partial charge in [-0.25, -0.2) is 0 Å². The zero-order valence-corrected chi connectivity index (χ0v) is 22.3. The predicted octanol–water partition coefficient (Wildman–Crippen LogP) is 4.60. The van der Waals surface area contributed by atoms with Crippen molar-refractivity contribution in [1.29, 1.82) is 0 Å². The van der Waals surface area contributed by atoms with Crippen molar-refractivity contribution in [3.05, 3.63) is 94.0 Å². The van der Waals surface area contributed by atoms with Crippen molar-refractivity contribution in [2.45, 2.75) is 18.8 Å². The number of carbonyl (C=O) groups excluding carboxylic acids is 2. The van der Waals surface area contributed by atoms with Crippen LogP contribution in [-0.4, -0.2) is 71.6 Å². The van der Waals surface area contributed by atoms with Crippen LogP contribution in [0.4, 0.5) is 11.4 Å². The van der Waals surface area contributed by atoms with Crippen molar-refractivity contribution in [2.75, 3.05) is 38.5 Å². The molecule has 0 radical (unpaired) electrons. The van der Waals surface area contributed by atoms with Gasteiger partial charge in [0, 0.05) is 48.9 Å². The van der Waals surface area contributed by atoms with Crippen molar-refractivity contribution in [3.8, 4) is 0 Å². The van der Waals surface area contributed by atoms with Gasteiger partial charge in [-0.2, -0.15) is 0 Å². The van der Waals surface area contributed by atoms with E-state index in [1.165, 1.54) is 0 Å². The summed E-state index contributed by atoms with van der Waals surface area (Å²) in [5.74, 6) is -1.78. The maximum absolute atomic E-state index is 13.2. The first-order valence-electron chi connectivity index (χ1n) is 12.9. The van der Waals surface area contributed by atoms with Crippen LogP contribution < -0.4 is 5.32 Å². The molecule has 200 valence electrons. The van der Waals surface area contributed by atoms with E-state index in [2.05, 4.69) is 10.2 Å². The predicted molar refractivity (Wildman–Crippen MR) is 151 cm³/mol. The number of aryl methyl sites for hydroxylation is 1. The number of nitrogens with zero attached hydrogens (tertiary/aromatic N) is 3. The van der Waals surface area contributed by atoms with Gasteiger partial charge in [-0.3, -0.25) is 19.4 Å². The summed E-state index contributed by atoms with van der Waals surface area (Å²) in [5.41, 5.74) is 4.69. The highest BCUT2D eigenvalue weighted by Crippen LogP contribution is 2.38. The number of carboxylic acids is 1. The van der Waals surface area contributed by atoms with Crippen LogP contribution in [-0.2, 0) is 16.0 Å². The van der Waals surface area contributed by atoms with Crippen LogP contribution in [0.2, 0.25) is 5.02 Å². The van der Waals surface area contributed by atoms with E-state index in [-0.39, 0.29) is 18.2 Å². The average Bonchev–Trinajstić information content (AvgIpc) is 3.25. The van der Waals surface area contributed by atoms with Gasteiger partial charge >= 0.3 is 5.97 Å². The Balaban J connectivity index is 1.50. The zero-order valence-electron chi connectivity index (χ0n) is 21.6. The van der Waals surface area contributed by atoms with Crippen LogP contribution in [0.3, 0.4) is 0 Å². The van der Waals surface area contributed by atoms with E-state index in [9.17, 15) is 14.4 Å². The molecule has 0 bridgehead atoms. The number of fused-ring (bicyclic) bond motifs is 1. The molecule has 3 aromatic carbocycles. The highest BCUT2D eigenvalue weighted by molar-refractivity contribution is 6.31. The van der Waals surface area contributed by atoms with Crippen LogP contribution in [0.25, 0.3) is 0 Å². The molecule has 0 spiro atoms. The summed E-state index contributed by atoms with van der Waals surface area (Å²) in [7, 11) is 2.05. The summed E-state index contributed by atoms with van der Waals surface area (Å²) in [5, 5.41) is 12.6. The molecule has 1 saturated heterocycles. The molecule has 2 heterocycles. The summed E-state index contributed by atoms with van der Waals surface area (Å²) >= 11 is 6.17. The van der Waals surface area contributed by atoms with Gasteiger partial charge in [0.05, 0.1) is 11.4 Å².